The van der Waals surface area contributed by atoms with Gasteiger partial charge in [-0.05, 0) is 59.7 Å². The van der Waals surface area contributed by atoms with E-state index in [1.807, 2.05) is 17.4 Å². The third kappa shape index (κ3) is 3.81. The van der Waals surface area contributed by atoms with Gasteiger partial charge in [-0.15, -0.1) is 11.3 Å². The lowest BCUT2D eigenvalue weighted by atomic mass is 9.83. The van der Waals surface area contributed by atoms with Crippen molar-refractivity contribution >= 4 is 50.6 Å². The van der Waals surface area contributed by atoms with Crippen LogP contribution in [0.25, 0.3) is 22.2 Å². The molecule has 0 spiro atoms. The second-order valence-corrected chi connectivity index (χ2v) is 9.55. The summed E-state index contributed by atoms with van der Waals surface area (Å²) in [7, 11) is 0. The Kier molecular flexibility index (Phi) is 4.97. The smallest absolute Gasteiger partial charge is 0.0861 e. The molecule has 6 rings (SSSR count). The molecule has 4 aromatic carbocycles. The van der Waals surface area contributed by atoms with Gasteiger partial charge >= 0.3 is 0 Å². The molecule has 0 radical (unpaired) electrons. The van der Waals surface area contributed by atoms with Crippen LogP contribution in [0.3, 0.4) is 0 Å². The predicted molar refractivity (Wildman–Crippen MR) is 143 cm³/mol. The number of hydrogen-bond acceptors (Lipinski definition) is 3. The van der Waals surface area contributed by atoms with E-state index in [4.69, 9.17) is 0 Å². The average molecular weight is 445 g/mol. The lowest BCUT2D eigenvalue weighted by Crippen LogP contribution is -2.39. The van der Waals surface area contributed by atoms with Crippen LogP contribution in [0.2, 0.25) is 0 Å². The molecular formula is C30H24N2S. The standard InChI is InChI=1S/C30H24N2S/c1-4-10-22(11-5-1)30(32-24-14-8-3-9-15-24)19-18-27-26-17-16-25(20-28(26)33-29(27)21-30)31-23-12-6-2-7-13-23/h1-18,20-21,31-32H,19H2. The van der Waals surface area contributed by atoms with Crippen molar-refractivity contribution in [2.24, 2.45) is 0 Å². The SMILES string of the molecule is C1=c2sc3cc(Nc4ccccc4)ccc3c2=CCC1(Nc1ccccc1)c1ccccc1. The van der Waals surface area contributed by atoms with Gasteiger partial charge in [-0.25, -0.2) is 0 Å². The highest BCUT2D eigenvalue weighted by molar-refractivity contribution is 7.17. The van der Waals surface area contributed by atoms with Crippen molar-refractivity contribution in [2.75, 3.05) is 10.6 Å². The third-order valence-electron chi connectivity index (χ3n) is 6.26. The lowest BCUT2D eigenvalue weighted by molar-refractivity contribution is 0.674. The van der Waals surface area contributed by atoms with Gasteiger partial charge in [0.1, 0.15) is 0 Å². The zero-order chi connectivity index (χ0) is 22.1. The van der Waals surface area contributed by atoms with E-state index in [1.165, 1.54) is 25.4 Å². The fourth-order valence-electron chi connectivity index (χ4n) is 4.64. The number of para-hydroxylation sites is 2. The number of nitrogens with one attached hydrogen (secondary N) is 2. The van der Waals surface area contributed by atoms with E-state index in [0.717, 1.165) is 23.5 Å². The van der Waals surface area contributed by atoms with Crippen molar-refractivity contribution in [3.05, 3.63) is 125 Å². The highest BCUT2D eigenvalue weighted by Crippen LogP contribution is 2.34. The molecule has 0 amide bonds. The molecule has 2 nitrogen and oxygen atoms in total. The molecule has 3 heteroatoms. The summed E-state index contributed by atoms with van der Waals surface area (Å²) in [6.07, 6.45) is 5.73. The van der Waals surface area contributed by atoms with Crippen LogP contribution in [-0.4, -0.2) is 0 Å². The minimum Gasteiger partial charge on any atom is -0.372 e. The molecular weight excluding hydrogens is 420 g/mol. The number of rotatable bonds is 5. The summed E-state index contributed by atoms with van der Waals surface area (Å²) >= 11 is 1.87. The van der Waals surface area contributed by atoms with Crippen LogP contribution in [-0.2, 0) is 5.54 Å². The van der Waals surface area contributed by atoms with E-state index in [2.05, 4.69) is 126 Å². The Morgan fingerprint density at radius 2 is 1.33 bits per heavy atom. The summed E-state index contributed by atoms with van der Waals surface area (Å²) < 4.78 is 2.62. The Hall–Kier alpha value is -3.82. The van der Waals surface area contributed by atoms with Crippen molar-refractivity contribution in [2.45, 2.75) is 12.0 Å². The molecule has 33 heavy (non-hydrogen) atoms. The zero-order valence-electron chi connectivity index (χ0n) is 18.2. The van der Waals surface area contributed by atoms with E-state index in [1.54, 1.807) is 0 Å². The van der Waals surface area contributed by atoms with Gasteiger partial charge in [0.25, 0.3) is 0 Å². The zero-order valence-corrected chi connectivity index (χ0v) is 19.0. The summed E-state index contributed by atoms with van der Waals surface area (Å²) in [5, 5.41) is 10.0. The molecule has 1 heterocycles. The molecule has 1 unspecified atom stereocenters. The van der Waals surface area contributed by atoms with Gasteiger partial charge in [0, 0.05) is 31.7 Å². The molecule has 0 bridgehead atoms. The third-order valence-corrected chi connectivity index (χ3v) is 7.37. The Bertz CT molecular complexity index is 1520. The second kappa shape index (κ2) is 8.27. The summed E-state index contributed by atoms with van der Waals surface area (Å²) in [6, 6.07) is 38.3. The van der Waals surface area contributed by atoms with E-state index in [-0.39, 0.29) is 5.54 Å². The first-order valence-corrected chi connectivity index (χ1v) is 12.1. The van der Waals surface area contributed by atoms with Crippen LogP contribution in [0.15, 0.2) is 109 Å². The van der Waals surface area contributed by atoms with Gasteiger partial charge in [-0.1, -0.05) is 78.9 Å². The molecule has 1 atom stereocenters. The molecule has 0 saturated carbocycles. The maximum Gasteiger partial charge on any atom is 0.0861 e. The Labute approximate surface area is 197 Å². The van der Waals surface area contributed by atoms with Crippen LogP contribution in [0.1, 0.15) is 12.0 Å². The second-order valence-electron chi connectivity index (χ2n) is 8.46. The molecule has 1 aromatic heterocycles. The van der Waals surface area contributed by atoms with Crippen LogP contribution in [0.4, 0.5) is 17.1 Å². The average Bonchev–Trinajstić information content (AvgIpc) is 3.22. The van der Waals surface area contributed by atoms with Crippen molar-refractivity contribution < 1.29 is 0 Å². The minimum atomic E-state index is -0.276. The van der Waals surface area contributed by atoms with Crippen LogP contribution >= 0.6 is 11.3 Å². The monoisotopic (exact) mass is 444 g/mol. The predicted octanol–water partition coefficient (Wildman–Crippen LogP) is 6.62. The maximum atomic E-state index is 3.85. The Morgan fingerprint density at radius 3 is 2.06 bits per heavy atom. The molecule has 0 aliphatic heterocycles. The van der Waals surface area contributed by atoms with Crippen LogP contribution in [0, 0.1) is 0 Å². The molecule has 1 aliphatic carbocycles. The Morgan fingerprint density at radius 1 is 0.667 bits per heavy atom. The normalized spacial score (nSPS) is 17.0. The van der Waals surface area contributed by atoms with Crippen molar-refractivity contribution in [1.82, 2.24) is 0 Å². The molecule has 0 fully saturated rings. The summed E-state index contributed by atoms with van der Waals surface area (Å²) in [6.45, 7) is 0. The van der Waals surface area contributed by atoms with Crippen molar-refractivity contribution in [3.63, 3.8) is 0 Å². The number of thiophene rings is 1. The highest BCUT2D eigenvalue weighted by Gasteiger charge is 2.31. The fraction of sp³-hybridized carbons (Fsp3) is 0.0667. The van der Waals surface area contributed by atoms with Gasteiger partial charge in [0.05, 0.1) is 5.54 Å². The van der Waals surface area contributed by atoms with E-state index in [0.29, 0.717) is 0 Å². The number of fused-ring (bicyclic) bond motifs is 3. The largest absolute Gasteiger partial charge is 0.372 e. The van der Waals surface area contributed by atoms with Gasteiger partial charge in [-0.3, -0.25) is 0 Å². The van der Waals surface area contributed by atoms with Crippen molar-refractivity contribution in [1.29, 1.82) is 0 Å². The number of benzene rings is 4. The molecule has 160 valence electrons. The van der Waals surface area contributed by atoms with Crippen molar-refractivity contribution in [3.8, 4) is 0 Å². The molecule has 5 aromatic rings. The molecule has 2 N–H and O–H groups in total. The minimum absolute atomic E-state index is 0.276. The van der Waals surface area contributed by atoms with Gasteiger partial charge < -0.3 is 10.6 Å². The summed E-state index contributed by atoms with van der Waals surface area (Å²) in [4.78, 5) is 0. The topological polar surface area (TPSA) is 24.1 Å². The summed E-state index contributed by atoms with van der Waals surface area (Å²) in [5.74, 6) is 0. The highest BCUT2D eigenvalue weighted by atomic mass is 32.1. The lowest BCUT2D eigenvalue weighted by Gasteiger charge is -2.34. The fourth-order valence-corrected chi connectivity index (χ4v) is 5.91. The van der Waals surface area contributed by atoms with E-state index < -0.39 is 0 Å². The van der Waals surface area contributed by atoms with Crippen LogP contribution in [0.5, 0.6) is 0 Å². The maximum absolute atomic E-state index is 3.85. The van der Waals surface area contributed by atoms with Gasteiger partial charge in [-0.2, -0.15) is 0 Å². The number of anilines is 3. The van der Waals surface area contributed by atoms with Gasteiger partial charge in [0.15, 0.2) is 0 Å². The van der Waals surface area contributed by atoms with E-state index in [9.17, 15) is 0 Å². The van der Waals surface area contributed by atoms with E-state index >= 15 is 0 Å². The molecule has 0 saturated heterocycles. The van der Waals surface area contributed by atoms with Gasteiger partial charge in [0.2, 0.25) is 0 Å². The van der Waals surface area contributed by atoms with Crippen LogP contribution < -0.4 is 20.4 Å². The first kappa shape index (κ1) is 19.8. The number of hydrogen-bond donors (Lipinski definition) is 2. The quantitative estimate of drug-likeness (QED) is 0.318. The summed E-state index contributed by atoms with van der Waals surface area (Å²) in [5.41, 5.74) is 4.35. The first-order valence-electron chi connectivity index (χ1n) is 11.3. The first-order chi connectivity index (χ1) is 16.3. The molecule has 1 aliphatic rings. The Balaban J connectivity index is 1.45.